The first kappa shape index (κ1) is 43.0. The van der Waals surface area contributed by atoms with Crippen molar-refractivity contribution in [1.82, 2.24) is 10.5 Å². The maximum absolute atomic E-state index is 9.38. The first-order valence-corrected chi connectivity index (χ1v) is 24.1. The third-order valence-electron chi connectivity index (χ3n) is 9.70. The molecule has 0 heterocycles. The van der Waals surface area contributed by atoms with Crippen molar-refractivity contribution in [3.63, 3.8) is 0 Å². The minimum atomic E-state index is -0.826. The predicted molar refractivity (Wildman–Crippen MR) is 222 cm³/mol. The second-order valence-electron chi connectivity index (χ2n) is 13.0. The Labute approximate surface area is 330 Å². The van der Waals surface area contributed by atoms with Crippen molar-refractivity contribution in [2.24, 2.45) is 0 Å². The molecule has 2 amide bonds. The summed E-state index contributed by atoms with van der Waals surface area (Å²) >= 11 is -0.826. The van der Waals surface area contributed by atoms with Crippen LogP contribution in [0, 0.1) is 41.5 Å². The molecule has 0 bridgehead atoms. The molecular formula is C44H50BCl2N2O2Zr. The summed E-state index contributed by atoms with van der Waals surface area (Å²) in [7, 11) is 11.0. The van der Waals surface area contributed by atoms with Gasteiger partial charge in [-0.25, -0.2) is 0 Å². The van der Waals surface area contributed by atoms with Gasteiger partial charge in [-0.05, 0) is 98.9 Å². The van der Waals surface area contributed by atoms with Gasteiger partial charge in [-0.3, -0.25) is 9.59 Å². The molecule has 4 nitrogen and oxygen atoms in total. The molecule has 6 aromatic rings. The van der Waals surface area contributed by atoms with Crippen LogP contribution in [0.1, 0.15) is 71.2 Å². The molecule has 0 saturated carbocycles. The fraction of sp³-hybridized carbons (Fsp3) is 0.273. The van der Waals surface area contributed by atoms with Crippen LogP contribution in [-0.2, 0) is 43.3 Å². The Bertz CT molecular complexity index is 1920. The first-order valence-electron chi connectivity index (χ1n) is 17.7. The van der Waals surface area contributed by atoms with Crippen molar-refractivity contribution < 1.29 is 30.4 Å². The Morgan fingerprint density at radius 2 is 0.981 bits per heavy atom. The number of aryl methyl sites for hydroxylation is 4. The molecule has 6 aromatic carbocycles. The number of rotatable bonds is 10. The van der Waals surface area contributed by atoms with Crippen LogP contribution in [0.4, 0.5) is 0 Å². The molecule has 269 valence electrons. The van der Waals surface area contributed by atoms with Crippen LogP contribution in [0.5, 0.6) is 0 Å². The van der Waals surface area contributed by atoms with E-state index in [0.717, 1.165) is 7.55 Å². The van der Waals surface area contributed by atoms with Crippen molar-refractivity contribution in [2.75, 3.05) is 0 Å². The number of benzene rings is 4. The molecule has 1 radical (unpaired) electrons. The number of carbonyl (C=O) groups is 2. The summed E-state index contributed by atoms with van der Waals surface area (Å²) in [5, 5.41) is 9.73. The van der Waals surface area contributed by atoms with Gasteiger partial charge in [-0.1, -0.05) is 74.2 Å². The standard InChI is InChI=1S/2C21H23.C2H4BN2O2.2ClH.Zr/c2*1-5-7-17-12-18-8-6-9-20(21(18)13-17)19-11-10-14(2)15(3)16(19)4;6-1-4-3-5-2-7;;;/h2*6,8-13H,5,7H2,1-4H3;1-2H,(H,4,6)(H,5,7);2*1H;/q2*-1;;;;+4/p-2. The van der Waals surface area contributed by atoms with E-state index in [0.29, 0.717) is 12.8 Å². The average molecular weight is 812 g/mol. The summed E-state index contributed by atoms with van der Waals surface area (Å²) in [5.41, 5.74) is 16.8. The van der Waals surface area contributed by atoms with Crippen molar-refractivity contribution in [1.29, 1.82) is 0 Å². The van der Waals surface area contributed by atoms with Gasteiger partial charge in [0, 0.05) is 0 Å². The fourth-order valence-corrected chi connectivity index (χ4v) is 6.54. The average Bonchev–Trinajstić information content (AvgIpc) is 3.75. The molecule has 0 saturated heterocycles. The van der Waals surface area contributed by atoms with Crippen LogP contribution in [0.25, 0.3) is 43.8 Å². The van der Waals surface area contributed by atoms with Crippen LogP contribution in [-0.4, -0.2) is 20.4 Å². The Kier molecular flexibility index (Phi) is 18.1. The van der Waals surface area contributed by atoms with E-state index in [2.05, 4.69) is 151 Å². The molecule has 0 aliphatic heterocycles. The summed E-state index contributed by atoms with van der Waals surface area (Å²) in [5.74, 6) is 0. The number of fused-ring (bicyclic) bond motifs is 2. The molecule has 0 unspecified atom stereocenters. The topological polar surface area (TPSA) is 58.2 Å². The number of carbonyl (C=O) groups excluding carboxylic acids is 2. The van der Waals surface area contributed by atoms with Crippen LogP contribution >= 0.6 is 17.0 Å². The van der Waals surface area contributed by atoms with Crippen molar-refractivity contribution in [3.8, 4) is 22.3 Å². The molecule has 52 heavy (non-hydrogen) atoms. The van der Waals surface area contributed by atoms with Crippen molar-refractivity contribution in [2.45, 2.75) is 81.1 Å². The van der Waals surface area contributed by atoms with Gasteiger partial charge in [0.15, 0.2) is 12.8 Å². The predicted octanol–water partition coefficient (Wildman–Crippen LogP) is 11.6. The molecule has 0 aromatic heterocycles. The van der Waals surface area contributed by atoms with Crippen LogP contribution < -0.4 is 10.5 Å². The molecule has 2 N–H and O–H groups in total. The van der Waals surface area contributed by atoms with Gasteiger partial charge in [0.05, 0.1) is 0 Å². The summed E-state index contributed by atoms with van der Waals surface area (Å²) in [4.78, 5) is 18.8. The van der Waals surface area contributed by atoms with Crippen LogP contribution in [0.3, 0.4) is 0 Å². The van der Waals surface area contributed by atoms with Gasteiger partial charge in [-0.2, -0.15) is 12.1 Å². The Balaban J connectivity index is 0.000000224. The number of halogens is 2. The van der Waals surface area contributed by atoms with E-state index in [1.807, 2.05) is 0 Å². The number of hydrogen-bond donors (Lipinski definition) is 2. The monoisotopic (exact) mass is 809 g/mol. The minimum absolute atomic E-state index is 0.455. The molecule has 0 fully saturated rings. The van der Waals surface area contributed by atoms with Crippen LogP contribution in [0.2, 0.25) is 0 Å². The molecule has 0 aliphatic rings. The Hall–Kier alpha value is -3.43. The third kappa shape index (κ3) is 11.3. The van der Waals surface area contributed by atoms with E-state index in [-0.39, 0.29) is 0 Å². The van der Waals surface area contributed by atoms with E-state index < -0.39 is 20.8 Å². The third-order valence-corrected chi connectivity index (χ3v) is 9.70. The summed E-state index contributed by atoms with van der Waals surface area (Å²) in [6.45, 7) is 17.8. The van der Waals surface area contributed by atoms with E-state index in [4.69, 9.17) is 17.0 Å². The zero-order valence-corrected chi connectivity index (χ0v) is 35.7. The normalized spacial score (nSPS) is 10.1. The molecule has 6 rings (SSSR count). The summed E-state index contributed by atoms with van der Waals surface area (Å²) in [6, 6.07) is 31.8. The molecule has 0 aliphatic carbocycles. The van der Waals surface area contributed by atoms with Gasteiger partial charge in [0.2, 0.25) is 0 Å². The van der Waals surface area contributed by atoms with Gasteiger partial charge in [0.25, 0.3) is 0 Å². The molecule has 0 atom stereocenters. The quantitative estimate of drug-likeness (QED) is 0.0627. The zero-order chi connectivity index (χ0) is 38.2. The Morgan fingerprint density at radius 3 is 1.33 bits per heavy atom. The second kappa shape index (κ2) is 21.9. The molecule has 8 heteroatoms. The number of hydrogen-bond acceptors (Lipinski definition) is 2. The van der Waals surface area contributed by atoms with Gasteiger partial charge < -0.3 is 10.5 Å². The second-order valence-corrected chi connectivity index (χ2v) is 16.7. The Morgan fingerprint density at radius 1 is 0.596 bits per heavy atom. The van der Waals surface area contributed by atoms with E-state index in [1.54, 1.807) is 0 Å². The molecule has 0 spiro atoms. The maximum atomic E-state index is 9.38. The van der Waals surface area contributed by atoms with E-state index in [9.17, 15) is 9.59 Å². The van der Waals surface area contributed by atoms with Crippen LogP contribution in [0.15, 0.2) is 84.9 Å². The van der Waals surface area contributed by atoms with Crippen molar-refractivity contribution >= 4 is 58.9 Å². The SMILES string of the molecule is CCCc1cc2c(-c3ccc(C)c(C)c3C)cccc2[cH-]1.CCCc1cc2c(-c3ccc(C)c(C)c3C)cccc2[cH-]1.O=CN[B]NC=O.[Cl][Zr+2][Cl]. The fourth-order valence-electron chi connectivity index (χ4n) is 6.54. The zero-order valence-electron chi connectivity index (χ0n) is 31.7. The van der Waals surface area contributed by atoms with Crippen molar-refractivity contribution in [3.05, 3.63) is 129 Å². The van der Waals surface area contributed by atoms with Gasteiger partial charge >= 0.3 is 45.4 Å². The molecular weight excluding hydrogens is 761 g/mol. The first-order chi connectivity index (χ1) is 25.1. The summed E-state index contributed by atoms with van der Waals surface area (Å²) < 4.78 is 0. The van der Waals surface area contributed by atoms with Gasteiger partial charge in [-0.15, -0.1) is 69.1 Å². The number of nitrogens with one attached hydrogen (secondary N) is 2. The van der Waals surface area contributed by atoms with E-state index in [1.165, 1.54) is 114 Å². The van der Waals surface area contributed by atoms with E-state index >= 15 is 0 Å². The summed E-state index contributed by atoms with van der Waals surface area (Å²) in [6.07, 6.45) is 5.65. The van der Waals surface area contributed by atoms with Gasteiger partial charge in [0.1, 0.15) is 0 Å². The number of amides is 2.